The van der Waals surface area contributed by atoms with Crippen molar-refractivity contribution in [2.45, 2.75) is 13.0 Å². The maximum Gasteiger partial charge on any atom is 0.179 e. The molecule has 0 aromatic heterocycles. The zero-order valence-electron chi connectivity index (χ0n) is 11.3. The average molecular weight is 287 g/mol. The van der Waals surface area contributed by atoms with Gasteiger partial charge in [0, 0.05) is 18.4 Å². The van der Waals surface area contributed by atoms with Crippen LogP contribution in [-0.2, 0) is 9.84 Å². The summed E-state index contributed by atoms with van der Waals surface area (Å²) in [5, 5.41) is 0. The summed E-state index contributed by atoms with van der Waals surface area (Å²) in [6, 6.07) is 4.87. The summed E-state index contributed by atoms with van der Waals surface area (Å²) < 4.78 is 34.9. The molecule has 4 nitrogen and oxygen atoms in total. The van der Waals surface area contributed by atoms with E-state index in [4.69, 9.17) is 0 Å². The van der Waals surface area contributed by atoms with E-state index in [1.165, 1.54) is 24.3 Å². The summed E-state index contributed by atoms with van der Waals surface area (Å²) >= 11 is 0. The highest BCUT2D eigenvalue weighted by molar-refractivity contribution is 7.90. The van der Waals surface area contributed by atoms with Crippen LogP contribution in [0.1, 0.15) is 17.3 Å². The molecule has 19 heavy (non-hydrogen) atoms. The lowest BCUT2D eigenvalue weighted by Crippen LogP contribution is -2.38. The molecule has 0 bridgehead atoms. The van der Waals surface area contributed by atoms with Gasteiger partial charge in [0.25, 0.3) is 0 Å². The van der Waals surface area contributed by atoms with E-state index in [1.54, 1.807) is 18.9 Å². The monoisotopic (exact) mass is 287 g/mol. The lowest BCUT2D eigenvalue weighted by atomic mass is 10.0. The van der Waals surface area contributed by atoms with Crippen LogP contribution in [0.25, 0.3) is 0 Å². The molecule has 0 aliphatic heterocycles. The number of benzene rings is 1. The quantitative estimate of drug-likeness (QED) is 0.742. The van der Waals surface area contributed by atoms with Crippen LogP contribution in [0.2, 0.25) is 0 Å². The summed E-state index contributed by atoms with van der Waals surface area (Å²) in [5.74, 6) is -0.546. The second-order valence-corrected chi connectivity index (χ2v) is 6.92. The number of nitrogens with zero attached hydrogens (tertiary/aromatic N) is 1. The van der Waals surface area contributed by atoms with E-state index in [-0.39, 0.29) is 18.1 Å². The van der Waals surface area contributed by atoms with E-state index in [0.29, 0.717) is 5.56 Å². The van der Waals surface area contributed by atoms with Gasteiger partial charge in [-0.3, -0.25) is 9.69 Å². The Bertz CT molecular complexity index is 540. The molecule has 0 amide bonds. The highest BCUT2D eigenvalue weighted by Gasteiger charge is 2.20. The third kappa shape index (κ3) is 5.08. The molecule has 0 N–H and O–H groups in total. The van der Waals surface area contributed by atoms with Crippen molar-refractivity contribution in [1.82, 2.24) is 4.90 Å². The molecule has 1 rings (SSSR count). The van der Waals surface area contributed by atoms with E-state index in [0.717, 1.165) is 6.26 Å². The molecule has 6 heteroatoms. The number of likely N-dealkylation sites (N-methyl/N-ethyl adjacent to an activating group) is 1. The Morgan fingerprint density at radius 1 is 1.32 bits per heavy atom. The molecule has 0 saturated carbocycles. The van der Waals surface area contributed by atoms with Crippen LogP contribution in [0, 0.1) is 5.82 Å². The molecule has 0 spiro atoms. The van der Waals surface area contributed by atoms with Crippen molar-refractivity contribution in [3.63, 3.8) is 0 Å². The van der Waals surface area contributed by atoms with E-state index >= 15 is 0 Å². The molecule has 0 radical (unpaired) electrons. The second-order valence-electron chi connectivity index (χ2n) is 4.66. The van der Waals surface area contributed by atoms with E-state index in [1.807, 2.05) is 0 Å². The Morgan fingerprint density at radius 2 is 1.84 bits per heavy atom. The molecule has 106 valence electrons. The number of sulfone groups is 1. The first kappa shape index (κ1) is 15.8. The van der Waals surface area contributed by atoms with Gasteiger partial charge >= 0.3 is 0 Å². The summed E-state index contributed by atoms with van der Waals surface area (Å²) in [6.45, 7) is 1.99. The molecular weight excluding hydrogens is 269 g/mol. The van der Waals surface area contributed by atoms with Crippen LogP contribution in [0.5, 0.6) is 0 Å². The first-order chi connectivity index (χ1) is 8.70. The SMILES string of the molecule is CC(C(=O)c1ccc(F)cc1)N(C)CCS(C)(=O)=O. The fourth-order valence-corrected chi connectivity index (χ4v) is 2.18. The van der Waals surface area contributed by atoms with Gasteiger partial charge in [-0.2, -0.15) is 0 Å². The van der Waals surface area contributed by atoms with Crippen LogP contribution < -0.4 is 0 Å². The number of carbonyl (C=O) groups excluding carboxylic acids is 1. The summed E-state index contributed by atoms with van der Waals surface area (Å²) in [6.07, 6.45) is 1.16. The van der Waals surface area contributed by atoms with E-state index in [2.05, 4.69) is 0 Å². The minimum Gasteiger partial charge on any atom is -0.296 e. The summed E-state index contributed by atoms with van der Waals surface area (Å²) in [5.41, 5.74) is 0.417. The first-order valence-electron chi connectivity index (χ1n) is 5.88. The van der Waals surface area contributed by atoms with Crippen LogP contribution >= 0.6 is 0 Å². The number of Topliss-reactive ketones (excluding diaryl/α,β-unsaturated/α-hetero) is 1. The second kappa shape index (κ2) is 6.25. The average Bonchev–Trinajstić information content (AvgIpc) is 2.34. The fourth-order valence-electron chi connectivity index (χ4n) is 1.56. The maximum atomic E-state index is 12.8. The number of ketones is 1. The highest BCUT2D eigenvalue weighted by atomic mass is 32.2. The van der Waals surface area contributed by atoms with Crippen LogP contribution in [0.15, 0.2) is 24.3 Å². The van der Waals surface area contributed by atoms with Gasteiger partial charge in [0.1, 0.15) is 15.7 Å². The van der Waals surface area contributed by atoms with Gasteiger partial charge in [-0.15, -0.1) is 0 Å². The smallest absolute Gasteiger partial charge is 0.179 e. The molecule has 0 heterocycles. The van der Waals surface area contributed by atoms with E-state index < -0.39 is 21.7 Å². The van der Waals surface area contributed by atoms with Crippen molar-refractivity contribution >= 4 is 15.6 Å². The molecule has 1 aromatic rings. The Kier molecular flexibility index (Phi) is 5.20. The minimum absolute atomic E-state index is 0.00450. The molecule has 1 aromatic carbocycles. The molecule has 0 aliphatic rings. The van der Waals surface area contributed by atoms with Gasteiger partial charge in [0.05, 0.1) is 11.8 Å². The number of carbonyl (C=O) groups is 1. The van der Waals surface area contributed by atoms with Gasteiger partial charge in [-0.05, 0) is 38.2 Å². The maximum absolute atomic E-state index is 12.8. The van der Waals surface area contributed by atoms with Gasteiger partial charge in [0.15, 0.2) is 5.78 Å². The zero-order chi connectivity index (χ0) is 14.6. The highest BCUT2D eigenvalue weighted by Crippen LogP contribution is 2.09. The lowest BCUT2D eigenvalue weighted by molar-refractivity contribution is 0.0874. The van der Waals surface area contributed by atoms with Crippen molar-refractivity contribution in [3.05, 3.63) is 35.6 Å². The van der Waals surface area contributed by atoms with Crippen molar-refractivity contribution in [1.29, 1.82) is 0 Å². The standard InChI is InChI=1S/C13H18FNO3S/c1-10(15(2)8-9-19(3,17)18)13(16)11-4-6-12(14)7-5-11/h4-7,10H,8-9H2,1-3H3. The molecule has 1 unspecified atom stereocenters. The third-order valence-electron chi connectivity index (χ3n) is 2.98. The summed E-state index contributed by atoms with van der Waals surface area (Å²) in [7, 11) is -1.36. The largest absolute Gasteiger partial charge is 0.296 e. The van der Waals surface area contributed by atoms with Gasteiger partial charge < -0.3 is 0 Å². The fraction of sp³-hybridized carbons (Fsp3) is 0.462. The van der Waals surface area contributed by atoms with Crippen molar-refractivity contribution in [2.24, 2.45) is 0 Å². The summed E-state index contributed by atoms with van der Waals surface area (Å²) in [4.78, 5) is 13.8. The molecular formula is C13H18FNO3S. The van der Waals surface area contributed by atoms with E-state index in [9.17, 15) is 17.6 Å². The van der Waals surface area contributed by atoms with Crippen LogP contribution in [-0.4, -0.2) is 50.7 Å². The Balaban J connectivity index is 2.68. The van der Waals surface area contributed by atoms with Crippen LogP contribution in [0.4, 0.5) is 4.39 Å². The predicted molar refractivity (Wildman–Crippen MR) is 72.5 cm³/mol. The molecule has 0 saturated heterocycles. The molecule has 1 atom stereocenters. The topological polar surface area (TPSA) is 54.5 Å². The Hall–Kier alpha value is -1.27. The number of halogens is 1. The number of hydrogen-bond donors (Lipinski definition) is 0. The predicted octanol–water partition coefficient (Wildman–Crippen LogP) is 1.37. The van der Waals surface area contributed by atoms with Crippen molar-refractivity contribution < 1.29 is 17.6 Å². The lowest BCUT2D eigenvalue weighted by Gasteiger charge is -2.23. The normalized spacial score (nSPS) is 13.5. The Labute approximate surface area is 113 Å². The number of rotatable bonds is 6. The molecule has 0 fully saturated rings. The van der Waals surface area contributed by atoms with Gasteiger partial charge in [-0.1, -0.05) is 0 Å². The van der Waals surface area contributed by atoms with Gasteiger partial charge in [0.2, 0.25) is 0 Å². The van der Waals surface area contributed by atoms with Crippen LogP contribution in [0.3, 0.4) is 0 Å². The third-order valence-corrected chi connectivity index (χ3v) is 3.91. The van der Waals surface area contributed by atoms with Crippen molar-refractivity contribution in [3.8, 4) is 0 Å². The molecule has 0 aliphatic carbocycles. The first-order valence-corrected chi connectivity index (χ1v) is 7.94. The number of hydrogen-bond acceptors (Lipinski definition) is 4. The minimum atomic E-state index is -3.05. The van der Waals surface area contributed by atoms with Crippen molar-refractivity contribution in [2.75, 3.05) is 25.6 Å². The zero-order valence-corrected chi connectivity index (χ0v) is 12.1. The Morgan fingerprint density at radius 3 is 2.32 bits per heavy atom. The van der Waals surface area contributed by atoms with Gasteiger partial charge in [-0.25, -0.2) is 12.8 Å².